The van der Waals surface area contributed by atoms with Gasteiger partial charge < -0.3 is 5.32 Å². The first-order chi connectivity index (χ1) is 14.2. The van der Waals surface area contributed by atoms with Crippen LogP contribution in [0.4, 0.5) is 5.69 Å². The van der Waals surface area contributed by atoms with Crippen molar-refractivity contribution in [2.24, 2.45) is 5.92 Å². The highest BCUT2D eigenvalue weighted by Crippen LogP contribution is 2.54. The molecule has 1 aromatic carbocycles. The number of pyridine rings is 1. The Kier molecular flexibility index (Phi) is 5.95. The highest BCUT2D eigenvalue weighted by Gasteiger charge is 2.55. The average Bonchev–Trinajstić information content (AvgIpc) is 3.35. The number of rotatable bonds is 6. The Morgan fingerprint density at radius 3 is 2.42 bits per heavy atom. The summed E-state index contributed by atoms with van der Waals surface area (Å²) in [6.45, 7) is 12.3. The van der Waals surface area contributed by atoms with E-state index in [2.05, 4.69) is 54.9 Å². The molecule has 1 amide bonds. The van der Waals surface area contributed by atoms with Gasteiger partial charge in [0, 0.05) is 28.6 Å². The summed E-state index contributed by atoms with van der Waals surface area (Å²) in [6, 6.07) is 9.46. The summed E-state index contributed by atoms with van der Waals surface area (Å²) in [4.78, 5) is 17.5. The fourth-order valence-corrected chi connectivity index (χ4v) is 4.54. The lowest BCUT2D eigenvalue weighted by molar-refractivity contribution is -0.123. The predicted octanol–water partition coefficient (Wildman–Crippen LogP) is 4.21. The molecule has 3 rings (SSSR count). The normalized spacial score (nSPS) is 22.0. The number of carbonyl (C=O) groups excluding carboxylic acids is 1. The topological polar surface area (TPSA) is 88.2 Å². The van der Waals surface area contributed by atoms with Crippen LogP contribution in [-0.2, 0) is 25.6 Å². The van der Waals surface area contributed by atoms with Crippen LogP contribution in [0.25, 0.3) is 0 Å². The van der Waals surface area contributed by atoms with E-state index in [0.29, 0.717) is 5.69 Å². The third-order valence-corrected chi connectivity index (χ3v) is 6.74. The van der Waals surface area contributed by atoms with E-state index in [1.165, 1.54) is 0 Å². The van der Waals surface area contributed by atoms with E-state index in [4.69, 9.17) is 0 Å². The van der Waals surface area contributed by atoms with E-state index in [9.17, 15) is 13.2 Å². The van der Waals surface area contributed by atoms with Crippen LogP contribution < -0.4 is 10.0 Å². The van der Waals surface area contributed by atoms with Crippen molar-refractivity contribution >= 4 is 21.6 Å². The minimum Gasteiger partial charge on any atom is -0.349 e. The molecule has 1 aliphatic carbocycles. The zero-order valence-corrected chi connectivity index (χ0v) is 20.2. The SMILES string of the molecule is Cc1cc([C@@H](C)NC(=O)C2CC2(C)c2ccc(C(C)(C)C)nc2)ccc1NS(C)(=O)=O. The number of hydrogen-bond donors (Lipinski definition) is 2. The van der Waals surface area contributed by atoms with Crippen LogP contribution in [0.1, 0.15) is 69.5 Å². The standard InChI is InChI=1S/C24H33N3O3S/c1-15-12-17(8-10-20(15)27-31(7,29)30)16(2)26-22(28)19-13-24(19,6)18-9-11-21(25-14-18)23(3,4)5/h8-12,14,16,19,27H,13H2,1-7H3,(H,26,28)/t16-,19?,24?/m1/s1. The van der Waals surface area contributed by atoms with Crippen LogP contribution in [0, 0.1) is 12.8 Å². The molecule has 0 aliphatic heterocycles. The highest BCUT2D eigenvalue weighted by atomic mass is 32.2. The summed E-state index contributed by atoms with van der Waals surface area (Å²) in [6.07, 6.45) is 3.84. The Hall–Kier alpha value is -2.41. The minimum absolute atomic E-state index is 0.000289. The highest BCUT2D eigenvalue weighted by molar-refractivity contribution is 7.92. The van der Waals surface area contributed by atoms with Crippen molar-refractivity contribution in [3.63, 3.8) is 0 Å². The molecule has 2 aromatic rings. The summed E-state index contributed by atoms with van der Waals surface area (Å²) < 4.78 is 25.4. The molecule has 1 fully saturated rings. The molecule has 7 heteroatoms. The number of aryl methyl sites for hydroxylation is 1. The molecule has 6 nitrogen and oxygen atoms in total. The predicted molar refractivity (Wildman–Crippen MR) is 125 cm³/mol. The number of sulfonamides is 1. The van der Waals surface area contributed by atoms with Crippen LogP contribution >= 0.6 is 0 Å². The number of nitrogens with zero attached hydrogens (tertiary/aromatic N) is 1. The fraction of sp³-hybridized carbons (Fsp3) is 0.500. The van der Waals surface area contributed by atoms with Gasteiger partial charge in [-0.15, -0.1) is 0 Å². The van der Waals surface area contributed by atoms with E-state index in [1.54, 1.807) is 6.07 Å². The van der Waals surface area contributed by atoms with Crippen LogP contribution in [0.5, 0.6) is 0 Å². The largest absolute Gasteiger partial charge is 0.349 e. The van der Waals surface area contributed by atoms with Gasteiger partial charge in [0.1, 0.15) is 0 Å². The van der Waals surface area contributed by atoms with Crippen molar-refractivity contribution < 1.29 is 13.2 Å². The molecule has 0 saturated heterocycles. The van der Waals surface area contributed by atoms with Crippen molar-refractivity contribution in [1.82, 2.24) is 10.3 Å². The summed E-state index contributed by atoms with van der Waals surface area (Å²) in [5.74, 6) is -0.0459. The van der Waals surface area contributed by atoms with E-state index < -0.39 is 10.0 Å². The van der Waals surface area contributed by atoms with Gasteiger partial charge in [0.2, 0.25) is 15.9 Å². The summed E-state index contributed by atoms with van der Waals surface area (Å²) >= 11 is 0. The van der Waals surface area contributed by atoms with Gasteiger partial charge in [0.05, 0.1) is 18.0 Å². The molecule has 3 atom stereocenters. The number of carbonyl (C=O) groups is 1. The fourth-order valence-electron chi connectivity index (χ4n) is 3.91. The lowest BCUT2D eigenvalue weighted by Gasteiger charge is -2.20. The van der Waals surface area contributed by atoms with Crippen molar-refractivity contribution in [2.45, 2.75) is 64.8 Å². The van der Waals surface area contributed by atoms with Gasteiger partial charge in [-0.05, 0) is 49.1 Å². The summed E-state index contributed by atoms with van der Waals surface area (Å²) in [7, 11) is -3.33. The van der Waals surface area contributed by atoms with E-state index >= 15 is 0 Å². The molecule has 1 aliphatic rings. The van der Waals surface area contributed by atoms with Crippen LogP contribution in [0.2, 0.25) is 0 Å². The third-order valence-electron chi connectivity index (χ3n) is 6.15. The number of anilines is 1. The van der Waals surface area contributed by atoms with E-state index in [-0.39, 0.29) is 28.7 Å². The molecule has 31 heavy (non-hydrogen) atoms. The molecular weight excluding hydrogens is 410 g/mol. The molecule has 0 spiro atoms. The number of nitrogens with one attached hydrogen (secondary N) is 2. The molecule has 168 valence electrons. The van der Waals surface area contributed by atoms with Gasteiger partial charge in [0.25, 0.3) is 0 Å². The second-order valence-electron chi connectivity index (χ2n) is 10.0. The smallest absolute Gasteiger partial charge is 0.229 e. The Bertz CT molecular complexity index is 1090. The Morgan fingerprint density at radius 2 is 1.90 bits per heavy atom. The molecule has 1 heterocycles. The van der Waals surface area contributed by atoms with E-state index in [0.717, 1.165) is 35.1 Å². The number of amides is 1. The van der Waals surface area contributed by atoms with Gasteiger partial charge in [0.15, 0.2) is 0 Å². The molecule has 2 unspecified atom stereocenters. The summed E-state index contributed by atoms with van der Waals surface area (Å²) in [5, 5.41) is 3.12. The van der Waals surface area contributed by atoms with Crippen molar-refractivity contribution in [3.05, 3.63) is 58.9 Å². The maximum Gasteiger partial charge on any atom is 0.229 e. The molecule has 0 bridgehead atoms. The molecule has 0 radical (unpaired) electrons. The molecular formula is C24H33N3O3S. The summed E-state index contributed by atoms with van der Waals surface area (Å²) in [5.41, 5.74) is 4.24. The molecule has 1 saturated carbocycles. The van der Waals surface area contributed by atoms with Crippen LogP contribution in [0.3, 0.4) is 0 Å². The first-order valence-electron chi connectivity index (χ1n) is 10.6. The lowest BCUT2D eigenvalue weighted by Crippen LogP contribution is -2.30. The molecule has 2 N–H and O–H groups in total. The quantitative estimate of drug-likeness (QED) is 0.700. The molecule has 1 aromatic heterocycles. The van der Waals surface area contributed by atoms with Gasteiger partial charge >= 0.3 is 0 Å². The van der Waals surface area contributed by atoms with Crippen molar-refractivity contribution in [2.75, 3.05) is 11.0 Å². The average molecular weight is 444 g/mol. The zero-order valence-electron chi connectivity index (χ0n) is 19.4. The van der Waals surface area contributed by atoms with E-state index in [1.807, 2.05) is 32.2 Å². The van der Waals surface area contributed by atoms with Crippen LogP contribution in [0.15, 0.2) is 36.5 Å². The van der Waals surface area contributed by atoms with Gasteiger partial charge in [-0.1, -0.05) is 45.9 Å². The second-order valence-corrected chi connectivity index (χ2v) is 11.8. The monoisotopic (exact) mass is 443 g/mol. The number of hydrogen-bond acceptors (Lipinski definition) is 4. The third kappa shape index (κ3) is 5.26. The first kappa shape index (κ1) is 23.3. The van der Waals surface area contributed by atoms with Crippen molar-refractivity contribution in [3.8, 4) is 0 Å². The zero-order chi connectivity index (χ0) is 23.2. The maximum atomic E-state index is 12.9. The van der Waals surface area contributed by atoms with Crippen molar-refractivity contribution in [1.29, 1.82) is 0 Å². The van der Waals surface area contributed by atoms with Gasteiger partial charge in [-0.2, -0.15) is 0 Å². The van der Waals surface area contributed by atoms with Gasteiger partial charge in [-0.3, -0.25) is 14.5 Å². The number of benzene rings is 1. The Balaban J connectivity index is 1.66. The number of aromatic nitrogens is 1. The second kappa shape index (κ2) is 7.93. The minimum atomic E-state index is -3.33. The lowest BCUT2D eigenvalue weighted by atomic mass is 9.90. The Labute approximate surface area is 185 Å². The van der Waals surface area contributed by atoms with Crippen LogP contribution in [-0.4, -0.2) is 25.6 Å². The first-order valence-corrected chi connectivity index (χ1v) is 12.5. The Morgan fingerprint density at radius 1 is 1.23 bits per heavy atom. The maximum absolute atomic E-state index is 12.9. The van der Waals surface area contributed by atoms with Gasteiger partial charge in [-0.25, -0.2) is 8.42 Å².